The molecule has 7 heteroatoms. The Balaban J connectivity index is 1.45. The molecular formula is C24H29N5OS. The highest BCUT2D eigenvalue weighted by atomic mass is 32.2. The molecule has 31 heavy (non-hydrogen) atoms. The number of carbonyl (C=O) groups excluding carboxylic acids is 1. The number of rotatable bonds is 8. The van der Waals surface area contributed by atoms with Crippen molar-refractivity contribution < 1.29 is 4.79 Å². The Bertz CT molecular complexity index is 970. The first-order chi connectivity index (χ1) is 15.2. The fourth-order valence-corrected chi connectivity index (χ4v) is 4.67. The van der Waals surface area contributed by atoms with Gasteiger partial charge in [-0.3, -0.25) is 14.3 Å². The van der Waals surface area contributed by atoms with Crippen LogP contribution in [0.4, 0.5) is 0 Å². The van der Waals surface area contributed by atoms with E-state index < -0.39 is 0 Å². The van der Waals surface area contributed by atoms with E-state index in [-0.39, 0.29) is 11.9 Å². The van der Waals surface area contributed by atoms with Crippen molar-refractivity contribution in [2.45, 2.75) is 43.9 Å². The highest BCUT2D eigenvalue weighted by Crippen LogP contribution is 2.24. The molecule has 1 aliphatic heterocycles. The molecule has 0 radical (unpaired) electrons. The Morgan fingerprint density at radius 1 is 1.00 bits per heavy atom. The Labute approximate surface area is 188 Å². The van der Waals surface area contributed by atoms with Crippen LogP contribution >= 0.6 is 11.8 Å². The monoisotopic (exact) mass is 435 g/mol. The molecule has 0 bridgehead atoms. The lowest BCUT2D eigenvalue weighted by Crippen LogP contribution is -2.30. The Morgan fingerprint density at radius 3 is 2.39 bits per heavy atom. The second-order valence-corrected chi connectivity index (χ2v) is 8.84. The predicted molar refractivity (Wildman–Crippen MR) is 124 cm³/mol. The van der Waals surface area contributed by atoms with Gasteiger partial charge in [-0.25, -0.2) is 0 Å². The quantitative estimate of drug-likeness (QED) is 0.537. The highest BCUT2D eigenvalue weighted by Gasteiger charge is 2.19. The maximum atomic E-state index is 12.6. The minimum Gasteiger partial charge on any atom is -0.349 e. The average Bonchev–Trinajstić information content (AvgIpc) is 3.22. The van der Waals surface area contributed by atoms with Crippen LogP contribution in [0.25, 0.3) is 5.69 Å². The summed E-state index contributed by atoms with van der Waals surface area (Å²) in [6.07, 6.45) is 3.78. The van der Waals surface area contributed by atoms with Crippen molar-refractivity contribution in [2.75, 3.05) is 18.8 Å². The number of nitrogens with zero attached hydrogens (tertiary/aromatic N) is 4. The number of benzene rings is 2. The van der Waals surface area contributed by atoms with Gasteiger partial charge in [0.15, 0.2) is 11.0 Å². The molecule has 1 aliphatic rings. The lowest BCUT2D eigenvalue weighted by Gasteiger charge is -2.26. The lowest BCUT2D eigenvalue weighted by atomic mass is 10.1. The molecule has 0 aliphatic carbocycles. The molecule has 162 valence electrons. The standard InChI is InChI=1S/C24H29N5OS/c1-19(20-11-5-2-6-12-20)25-23(30)18-31-24-27-26-22(17-28-15-9-4-10-16-28)29(24)21-13-7-3-8-14-21/h2-3,5-8,11-14,19H,4,9-10,15-18H2,1H3,(H,25,30). The van der Waals surface area contributed by atoms with Gasteiger partial charge in [-0.1, -0.05) is 66.7 Å². The summed E-state index contributed by atoms with van der Waals surface area (Å²) in [5.74, 6) is 1.21. The van der Waals surface area contributed by atoms with Gasteiger partial charge in [0.25, 0.3) is 0 Å². The molecule has 4 rings (SSSR count). The van der Waals surface area contributed by atoms with Crippen LogP contribution in [-0.4, -0.2) is 44.4 Å². The maximum Gasteiger partial charge on any atom is 0.230 e. The van der Waals surface area contributed by atoms with Crippen molar-refractivity contribution in [1.82, 2.24) is 25.0 Å². The van der Waals surface area contributed by atoms with E-state index in [1.807, 2.05) is 55.5 Å². The molecule has 3 aromatic rings. The molecule has 1 unspecified atom stereocenters. The van der Waals surface area contributed by atoms with Crippen molar-refractivity contribution in [3.8, 4) is 5.69 Å². The molecule has 2 heterocycles. The first-order valence-corrected chi connectivity index (χ1v) is 11.9. The van der Waals surface area contributed by atoms with Crippen LogP contribution in [0.2, 0.25) is 0 Å². The van der Waals surface area contributed by atoms with E-state index in [0.29, 0.717) is 5.75 Å². The van der Waals surface area contributed by atoms with Crippen LogP contribution in [0.5, 0.6) is 0 Å². The fraction of sp³-hybridized carbons (Fsp3) is 0.375. The second-order valence-electron chi connectivity index (χ2n) is 7.90. The Morgan fingerprint density at radius 2 is 1.68 bits per heavy atom. The van der Waals surface area contributed by atoms with Crippen molar-refractivity contribution in [1.29, 1.82) is 0 Å². The molecule has 2 aromatic carbocycles. The van der Waals surface area contributed by atoms with E-state index in [4.69, 9.17) is 0 Å². The van der Waals surface area contributed by atoms with Crippen molar-refractivity contribution in [3.05, 3.63) is 72.1 Å². The molecule has 1 fully saturated rings. The van der Waals surface area contributed by atoms with Crippen molar-refractivity contribution >= 4 is 17.7 Å². The largest absolute Gasteiger partial charge is 0.349 e. The van der Waals surface area contributed by atoms with Gasteiger partial charge in [0.1, 0.15) is 0 Å². The second kappa shape index (κ2) is 10.6. The zero-order chi connectivity index (χ0) is 21.5. The van der Waals surface area contributed by atoms with Crippen molar-refractivity contribution in [3.63, 3.8) is 0 Å². The average molecular weight is 436 g/mol. The zero-order valence-electron chi connectivity index (χ0n) is 17.9. The third-order valence-electron chi connectivity index (χ3n) is 5.54. The third-order valence-corrected chi connectivity index (χ3v) is 6.47. The van der Waals surface area contributed by atoms with Crippen molar-refractivity contribution in [2.24, 2.45) is 0 Å². The van der Waals surface area contributed by atoms with E-state index >= 15 is 0 Å². The maximum absolute atomic E-state index is 12.6. The number of likely N-dealkylation sites (tertiary alicyclic amines) is 1. The molecule has 1 atom stereocenters. The number of piperidine rings is 1. The summed E-state index contributed by atoms with van der Waals surface area (Å²) in [6, 6.07) is 20.1. The zero-order valence-corrected chi connectivity index (χ0v) is 18.7. The predicted octanol–water partition coefficient (Wildman–Crippen LogP) is 4.22. The Kier molecular flexibility index (Phi) is 7.38. The molecule has 0 saturated carbocycles. The van der Waals surface area contributed by atoms with Gasteiger partial charge >= 0.3 is 0 Å². The van der Waals surface area contributed by atoms with Crippen LogP contribution in [0, 0.1) is 0 Å². The van der Waals surface area contributed by atoms with Crippen LogP contribution in [0.15, 0.2) is 65.8 Å². The van der Waals surface area contributed by atoms with Gasteiger partial charge < -0.3 is 5.32 Å². The first-order valence-electron chi connectivity index (χ1n) is 10.9. The molecule has 1 saturated heterocycles. The highest BCUT2D eigenvalue weighted by molar-refractivity contribution is 7.99. The van der Waals surface area contributed by atoms with Gasteiger partial charge in [0, 0.05) is 5.69 Å². The van der Waals surface area contributed by atoms with Crippen LogP contribution < -0.4 is 5.32 Å². The van der Waals surface area contributed by atoms with E-state index in [0.717, 1.165) is 41.9 Å². The third kappa shape index (κ3) is 5.74. The number of hydrogen-bond donors (Lipinski definition) is 1. The minimum atomic E-state index is -0.0315. The topological polar surface area (TPSA) is 63.1 Å². The van der Waals surface area contributed by atoms with E-state index in [9.17, 15) is 4.79 Å². The van der Waals surface area contributed by atoms with E-state index in [1.165, 1.54) is 31.0 Å². The van der Waals surface area contributed by atoms with Crippen LogP contribution in [0.1, 0.15) is 43.6 Å². The van der Waals surface area contributed by atoms with Crippen LogP contribution in [0.3, 0.4) is 0 Å². The fourth-order valence-electron chi connectivity index (χ4n) is 3.89. The van der Waals surface area contributed by atoms with Gasteiger partial charge in [0.2, 0.25) is 5.91 Å². The van der Waals surface area contributed by atoms with Gasteiger partial charge in [-0.15, -0.1) is 10.2 Å². The molecular weight excluding hydrogens is 406 g/mol. The number of amides is 1. The summed E-state index contributed by atoms with van der Waals surface area (Å²) in [5.41, 5.74) is 2.12. The molecule has 1 N–H and O–H groups in total. The number of nitrogens with one attached hydrogen (secondary N) is 1. The molecule has 1 amide bonds. The Hall–Kier alpha value is -2.64. The van der Waals surface area contributed by atoms with E-state index in [1.54, 1.807) is 0 Å². The van der Waals surface area contributed by atoms with Gasteiger partial charge in [-0.05, 0) is 50.6 Å². The normalized spacial score (nSPS) is 15.5. The summed E-state index contributed by atoms with van der Waals surface area (Å²) in [7, 11) is 0. The summed E-state index contributed by atoms with van der Waals surface area (Å²) in [5, 5.41) is 12.8. The molecule has 0 spiro atoms. The number of carbonyl (C=O) groups is 1. The number of para-hydroxylation sites is 1. The number of thioether (sulfide) groups is 1. The minimum absolute atomic E-state index is 0.0125. The number of aromatic nitrogens is 3. The number of hydrogen-bond acceptors (Lipinski definition) is 5. The summed E-state index contributed by atoms with van der Waals surface area (Å²) in [4.78, 5) is 15.0. The molecule has 1 aromatic heterocycles. The molecule has 6 nitrogen and oxygen atoms in total. The summed E-state index contributed by atoms with van der Waals surface area (Å²) >= 11 is 1.43. The summed E-state index contributed by atoms with van der Waals surface area (Å²) < 4.78 is 2.09. The SMILES string of the molecule is CC(NC(=O)CSc1nnc(CN2CCCCC2)n1-c1ccccc1)c1ccccc1. The smallest absolute Gasteiger partial charge is 0.230 e. The van der Waals surface area contributed by atoms with Gasteiger partial charge in [0.05, 0.1) is 18.3 Å². The summed E-state index contributed by atoms with van der Waals surface area (Å²) in [6.45, 7) is 4.98. The lowest BCUT2D eigenvalue weighted by molar-refractivity contribution is -0.119. The first kappa shape index (κ1) is 21.6. The van der Waals surface area contributed by atoms with Gasteiger partial charge in [-0.2, -0.15) is 0 Å². The van der Waals surface area contributed by atoms with Crippen LogP contribution in [-0.2, 0) is 11.3 Å². The van der Waals surface area contributed by atoms with E-state index in [2.05, 4.69) is 37.1 Å².